The molecule has 0 spiro atoms. The number of pyridine rings is 1. The van der Waals surface area contributed by atoms with Crippen LogP contribution in [0.4, 0.5) is 17.3 Å². The lowest BCUT2D eigenvalue weighted by atomic mass is 9.87. The molecule has 0 aliphatic carbocycles. The van der Waals surface area contributed by atoms with E-state index in [4.69, 9.17) is 5.73 Å². The molecule has 0 atom stereocenters. The smallest absolute Gasteiger partial charge is 0.256 e. The van der Waals surface area contributed by atoms with E-state index in [0.29, 0.717) is 28.5 Å². The van der Waals surface area contributed by atoms with Gasteiger partial charge in [-0.05, 0) is 53.4 Å². The third-order valence-corrected chi connectivity index (χ3v) is 4.41. The Morgan fingerprint density at radius 1 is 0.828 bits per heavy atom. The van der Waals surface area contributed by atoms with Crippen molar-refractivity contribution in [3.63, 3.8) is 0 Å². The molecule has 0 aliphatic rings. The highest BCUT2D eigenvalue weighted by molar-refractivity contribution is 6.07. The second kappa shape index (κ2) is 8.14. The zero-order valence-electron chi connectivity index (χ0n) is 16.7. The van der Waals surface area contributed by atoms with Crippen LogP contribution in [0.3, 0.4) is 0 Å². The van der Waals surface area contributed by atoms with Crippen LogP contribution in [0, 0.1) is 0 Å². The van der Waals surface area contributed by atoms with Gasteiger partial charge in [0.1, 0.15) is 11.6 Å². The maximum Gasteiger partial charge on any atom is 0.256 e. The van der Waals surface area contributed by atoms with Crippen molar-refractivity contribution in [2.45, 2.75) is 26.2 Å². The Morgan fingerprint density at radius 2 is 1.48 bits per heavy atom. The second-order valence-corrected chi connectivity index (χ2v) is 7.76. The molecule has 0 saturated heterocycles. The van der Waals surface area contributed by atoms with Crippen LogP contribution in [-0.4, -0.2) is 16.8 Å². The molecule has 0 radical (unpaired) electrons. The van der Waals surface area contributed by atoms with Gasteiger partial charge in [0, 0.05) is 16.8 Å². The van der Waals surface area contributed by atoms with E-state index in [2.05, 4.69) is 36.4 Å². The van der Waals surface area contributed by atoms with E-state index in [1.54, 1.807) is 54.6 Å². The van der Waals surface area contributed by atoms with Gasteiger partial charge in [-0.1, -0.05) is 45.0 Å². The molecule has 6 nitrogen and oxygen atoms in total. The largest absolute Gasteiger partial charge is 0.384 e. The van der Waals surface area contributed by atoms with Crippen molar-refractivity contribution in [3.05, 3.63) is 83.4 Å². The molecule has 1 heterocycles. The fraction of sp³-hybridized carbons (Fsp3) is 0.174. The predicted molar refractivity (Wildman–Crippen MR) is 116 cm³/mol. The number of amides is 2. The van der Waals surface area contributed by atoms with Crippen LogP contribution in [-0.2, 0) is 5.41 Å². The summed E-state index contributed by atoms with van der Waals surface area (Å²) in [5.74, 6) is 0.110. The van der Waals surface area contributed by atoms with Gasteiger partial charge in [-0.3, -0.25) is 9.59 Å². The third kappa shape index (κ3) is 5.19. The van der Waals surface area contributed by atoms with E-state index in [1.807, 2.05) is 12.1 Å². The minimum atomic E-state index is -0.339. The zero-order chi connectivity index (χ0) is 21.0. The Kier molecular flexibility index (Phi) is 5.64. The van der Waals surface area contributed by atoms with Gasteiger partial charge in [-0.2, -0.15) is 0 Å². The molecule has 1 aromatic heterocycles. The molecule has 3 rings (SSSR count). The number of hydrogen-bond donors (Lipinski definition) is 3. The summed E-state index contributed by atoms with van der Waals surface area (Å²) in [7, 11) is 0. The Hall–Kier alpha value is -3.67. The molecule has 6 heteroatoms. The molecular formula is C23H24N4O2. The predicted octanol–water partition coefficient (Wildman–Crippen LogP) is 4.47. The fourth-order valence-corrected chi connectivity index (χ4v) is 2.77. The minimum Gasteiger partial charge on any atom is -0.384 e. The standard InChI is InChI=1S/C23H24N4O2/c1-23(2,3)17-12-10-15(11-13-17)21(28)25-18-7-4-6-16(14-18)22(29)27-20-9-5-8-19(24)26-20/h4-14H,1-3H3,(H,25,28)(H3,24,26,27,29). The number of hydrogen-bond acceptors (Lipinski definition) is 4. The molecule has 0 bridgehead atoms. The van der Waals surface area contributed by atoms with E-state index in [1.165, 1.54) is 0 Å². The molecule has 0 aliphatic heterocycles. The normalized spacial score (nSPS) is 11.0. The lowest BCUT2D eigenvalue weighted by molar-refractivity contribution is 0.101. The summed E-state index contributed by atoms with van der Waals surface area (Å²) in [6, 6.07) is 19.2. The number of rotatable bonds is 4. The quantitative estimate of drug-likeness (QED) is 0.614. The maximum absolute atomic E-state index is 12.5. The number of anilines is 3. The fourth-order valence-electron chi connectivity index (χ4n) is 2.77. The Bertz CT molecular complexity index is 1040. The number of benzene rings is 2. The van der Waals surface area contributed by atoms with E-state index in [-0.39, 0.29) is 17.2 Å². The van der Waals surface area contributed by atoms with Crippen LogP contribution in [0.15, 0.2) is 66.7 Å². The van der Waals surface area contributed by atoms with Gasteiger partial charge in [0.2, 0.25) is 0 Å². The molecule has 148 valence electrons. The zero-order valence-corrected chi connectivity index (χ0v) is 16.7. The summed E-state index contributed by atoms with van der Waals surface area (Å²) in [5, 5.41) is 5.52. The van der Waals surface area contributed by atoms with Gasteiger partial charge in [-0.15, -0.1) is 0 Å². The number of nitrogens with zero attached hydrogens (tertiary/aromatic N) is 1. The summed E-state index contributed by atoms with van der Waals surface area (Å²) >= 11 is 0. The first-order valence-corrected chi connectivity index (χ1v) is 9.28. The van der Waals surface area contributed by atoms with Gasteiger partial charge < -0.3 is 16.4 Å². The maximum atomic E-state index is 12.5. The number of carbonyl (C=O) groups excluding carboxylic acids is 2. The molecule has 3 aromatic rings. The van der Waals surface area contributed by atoms with Crippen molar-refractivity contribution in [2.75, 3.05) is 16.4 Å². The van der Waals surface area contributed by atoms with Crippen LogP contribution < -0.4 is 16.4 Å². The molecule has 0 unspecified atom stereocenters. The SMILES string of the molecule is CC(C)(C)c1ccc(C(=O)Nc2cccc(C(=O)Nc3cccc(N)n3)c2)cc1. The first-order valence-electron chi connectivity index (χ1n) is 9.28. The Labute approximate surface area is 170 Å². The second-order valence-electron chi connectivity index (χ2n) is 7.76. The van der Waals surface area contributed by atoms with Gasteiger partial charge >= 0.3 is 0 Å². The van der Waals surface area contributed by atoms with Crippen molar-refractivity contribution in [1.82, 2.24) is 4.98 Å². The molecule has 4 N–H and O–H groups in total. The summed E-state index contributed by atoms with van der Waals surface area (Å²) in [6.45, 7) is 6.37. The first kappa shape index (κ1) is 20.1. The minimum absolute atomic E-state index is 0.0228. The summed E-state index contributed by atoms with van der Waals surface area (Å²) in [4.78, 5) is 29.1. The van der Waals surface area contributed by atoms with Crippen molar-refractivity contribution in [3.8, 4) is 0 Å². The molecule has 29 heavy (non-hydrogen) atoms. The van der Waals surface area contributed by atoms with Crippen LogP contribution in [0.5, 0.6) is 0 Å². The van der Waals surface area contributed by atoms with E-state index in [0.717, 1.165) is 5.56 Å². The molecular weight excluding hydrogens is 364 g/mol. The van der Waals surface area contributed by atoms with E-state index in [9.17, 15) is 9.59 Å². The lowest BCUT2D eigenvalue weighted by Gasteiger charge is -2.19. The molecule has 0 saturated carbocycles. The highest BCUT2D eigenvalue weighted by Crippen LogP contribution is 2.22. The van der Waals surface area contributed by atoms with Crippen LogP contribution >= 0.6 is 0 Å². The average molecular weight is 388 g/mol. The van der Waals surface area contributed by atoms with Crippen molar-refractivity contribution in [2.24, 2.45) is 0 Å². The molecule has 0 fully saturated rings. The molecule has 2 aromatic carbocycles. The number of nitrogen functional groups attached to an aromatic ring is 1. The molecule has 2 amide bonds. The Morgan fingerprint density at radius 3 is 2.14 bits per heavy atom. The highest BCUT2D eigenvalue weighted by Gasteiger charge is 2.15. The van der Waals surface area contributed by atoms with Gasteiger partial charge in [0.25, 0.3) is 11.8 Å². The number of nitrogens with two attached hydrogens (primary N) is 1. The van der Waals surface area contributed by atoms with Crippen molar-refractivity contribution >= 4 is 29.1 Å². The van der Waals surface area contributed by atoms with Crippen molar-refractivity contribution < 1.29 is 9.59 Å². The van der Waals surface area contributed by atoms with Gasteiger partial charge in [-0.25, -0.2) is 4.98 Å². The highest BCUT2D eigenvalue weighted by atomic mass is 16.2. The monoisotopic (exact) mass is 388 g/mol. The summed E-state index contributed by atoms with van der Waals surface area (Å²) in [5.41, 5.74) is 8.29. The van der Waals surface area contributed by atoms with Gasteiger partial charge in [0.15, 0.2) is 0 Å². The first-order chi connectivity index (χ1) is 13.7. The van der Waals surface area contributed by atoms with Crippen LogP contribution in [0.1, 0.15) is 47.1 Å². The van der Waals surface area contributed by atoms with Crippen LogP contribution in [0.25, 0.3) is 0 Å². The number of aromatic nitrogens is 1. The van der Waals surface area contributed by atoms with Crippen molar-refractivity contribution in [1.29, 1.82) is 0 Å². The van der Waals surface area contributed by atoms with Crippen LogP contribution in [0.2, 0.25) is 0 Å². The third-order valence-electron chi connectivity index (χ3n) is 4.41. The average Bonchev–Trinajstić information content (AvgIpc) is 2.67. The summed E-state index contributed by atoms with van der Waals surface area (Å²) < 4.78 is 0. The Balaban J connectivity index is 1.70. The lowest BCUT2D eigenvalue weighted by Crippen LogP contribution is -2.16. The van der Waals surface area contributed by atoms with E-state index >= 15 is 0 Å². The summed E-state index contributed by atoms with van der Waals surface area (Å²) in [6.07, 6.45) is 0. The number of carbonyl (C=O) groups is 2. The number of nitrogens with one attached hydrogen (secondary N) is 2. The van der Waals surface area contributed by atoms with Gasteiger partial charge in [0.05, 0.1) is 0 Å². The van der Waals surface area contributed by atoms with E-state index < -0.39 is 0 Å². The topological polar surface area (TPSA) is 97.1 Å².